The SMILES string of the molecule is C=C(Cl)CCC(=C)CC(CCCC)/C(C)=C/CC.C=CC(C)C(O)NCCC(O)OCC.CC.COC(O)CCl. The van der Waals surface area contributed by atoms with Crippen molar-refractivity contribution < 1.29 is 24.8 Å². The minimum absolute atomic E-state index is 0.000707. The zero-order valence-electron chi connectivity index (χ0n) is 26.9. The van der Waals surface area contributed by atoms with Gasteiger partial charge in [-0.05, 0) is 51.9 Å². The molecule has 5 atom stereocenters. The van der Waals surface area contributed by atoms with Crippen molar-refractivity contribution in [1.82, 2.24) is 5.32 Å². The molecule has 40 heavy (non-hydrogen) atoms. The molecule has 0 aliphatic rings. The molecule has 8 heteroatoms. The van der Waals surface area contributed by atoms with Crippen molar-refractivity contribution in [3.8, 4) is 0 Å². The molecule has 0 bridgehead atoms. The van der Waals surface area contributed by atoms with Crippen molar-refractivity contribution in [1.29, 1.82) is 0 Å². The van der Waals surface area contributed by atoms with Gasteiger partial charge in [-0.1, -0.05) is 95.5 Å². The second-order valence-electron chi connectivity index (χ2n) is 9.20. The van der Waals surface area contributed by atoms with Crippen LogP contribution in [0.1, 0.15) is 99.8 Å². The molecule has 0 radical (unpaired) electrons. The van der Waals surface area contributed by atoms with Crippen molar-refractivity contribution in [3.63, 3.8) is 0 Å². The van der Waals surface area contributed by atoms with Crippen LogP contribution in [0, 0.1) is 11.8 Å². The van der Waals surface area contributed by atoms with Crippen molar-refractivity contribution in [2.75, 3.05) is 26.1 Å². The van der Waals surface area contributed by atoms with Crippen LogP contribution in [0.3, 0.4) is 0 Å². The predicted octanol–water partition coefficient (Wildman–Crippen LogP) is 8.31. The number of allylic oxidation sites excluding steroid dienone is 4. The zero-order valence-corrected chi connectivity index (χ0v) is 28.4. The lowest BCUT2D eigenvalue weighted by Gasteiger charge is -2.19. The highest BCUT2D eigenvalue weighted by Crippen LogP contribution is 2.27. The van der Waals surface area contributed by atoms with Gasteiger partial charge in [0.25, 0.3) is 0 Å². The fraction of sp³-hybridized carbons (Fsp3) is 0.750. The molecule has 0 aromatic heterocycles. The van der Waals surface area contributed by atoms with Gasteiger partial charge >= 0.3 is 0 Å². The Morgan fingerprint density at radius 1 is 1.02 bits per heavy atom. The average molecular weight is 613 g/mol. The highest BCUT2D eigenvalue weighted by Gasteiger charge is 2.12. The van der Waals surface area contributed by atoms with E-state index in [0.29, 0.717) is 25.5 Å². The number of alkyl halides is 1. The van der Waals surface area contributed by atoms with E-state index in [0.717, 1.165) is 30.7 Å². The van der Waals surface area contributed by atoms with Crippen LogP contribution in [-0.2, 0) is 9.47 Å². The van der Waals surface area contributed by atoms with E-state index in [9.17, 15) is 10.2 Å². The van der Waals surface area contributed by atoms with Crippen LogP contribution in [-0.4, -0.2) is 60.3 Å². The molecule has 0 amide bonds. The number of halogens is 2. The van der Waals surface area contributed by atoms with Gasteiger partial charge in [0.1, 0.15) is 6.23 Å². The number of nitrogens with one attached hydrogen (secondary N) is 1. The summed E-state index contributed by atoms with van der Waals surface area (Å²) >= 11 is 10.9. The molecule has 0 aliphatic carbocycles. The van der Waals surface area contributed by atoms with E-state index in [1.54, 1.807) is 6.08 Å². The molecule has 0 aliphatic heterocycles. The van der Waals surface area contributed by atoms with Gasteiger partial charge in [-0.3, -0.25) is 5.32 Å². The molecule has 0 saturated carbocycles. The average Bonchev–Trinajstić information content (AvgIpc) is 2.95. The molecular formula is C32H63Cl2NO5. The number of hydrogen-bond donors (Lipinski definition) is 4. The lowest BCUT2D eigenvalue weighted by Crippen LogP contribution is -2.36. The molecule has 0 aromatic carbocycles. The monoisotopic (exact) mass is 611 g/mol. The van der Waals surface area contributed by atoms with Crippen molar-refractivity contribution in [3.05, 3.63) is 48.1 Å². The number of hydrogen-bond acceptors (Lipinski definition) is 6. The Kier molecular flexibility index (Phi) is 39.9. The van der Waals surface area contributed by atoms with Gasteiger partial charge in [-0.2, -0.15) is 0 Å². The Balaban J connectivity index is -0.000000260. The lowest BCUT2D eigenvalue weighted by molar-refractivity contribution is -0.0990. The van der Waals surface area contributed by atoms with Crippen LogP contribution in [0.25, 0.3) is 0 Å². The number of aliphatic hydroxyl groups is 3. The fourth-order valence-corrected chi connectivity index (χ4v) is 3.42. The van der Waals surface area contributed by atoms with E-state index in [4.69, 9.17) is 33.0 Å². The van der Waals surface area contributed by atoms with Crippen LogP contribution >= 0.6 is 23.2 Å². The third kappa shape index (κ3) is 33.5. The molecule has 0 saturated heterocycles. The Morgan fingerprint density at radius 2 is 1.62 bits per heavy atom. The molecule has 240 valence electrons. The van der Waals surface area contributed by atoms with Gasteiger partial charge in [0.2, 0.25) is 0 Å². The topological polar surface area (TPSA) is 91.2 Å². The Labute approximate surface area is 257 Å². The van der Waals surface area contributed by atoms with Crippen LogP contribution < -0.4 is 5.32 Å². The molecular weight excluding hydrogens is 549 g/mol. The van der Waals surface area contributed by atoms with E-state index >= 15 is 0 Å². The smallest absolute Gasteiger partial charge is 0.167 e. The van der Waals surface area contributed by atoms with E-state index in [1.807, 2.05) is 27.7 Å². The van der Waals surface area contributed by atoms with Crippen LogP contribution in [0.4, 0.5) is 0 Å². The minimum atomic E-state index is -0.799. The van der Waals surface area contributed by atoms with E-state index in [-0.39, 0.29) is 11.8 Å². The number of ether oxygens (including phenoxy) is 2. The van der Waals surface area contributed by atoms with Gasteiger partial charge in [0.15, 0.2) is 12.6 Å². The summed E-state index contributed by atoms with van der Waals surface area (Å²) in [5.41, 5.74) is 2.83. The van der Waals surface area contributed by atoms with E-state index in [1.165, 1.54) is 37.5 Å². The maximum Gasteiger partial charge on any atom is 0.167 e. The van der Waals surface area contributed by atoms with Gasteiger partial charge in [0, 0.05) is 37.6 Å². The third-order valence-corrected chi connectivity index (χ3v) is 6.19. The van der Waals surface area contributed by atoms with Gasteiger partial charge in [0.05, 0.1) is 5.88 Å². The first kappa shape index (κ1) is 46.3. The second kappa shape index (κ2) is 34.5. The predicted molar refractivity (Wildman–Crippen MR) is 176 cm³/mol. The summed E-state index contributed by atoms with van der Waals surface area (Å²) < 4.78 is 9.25. The van der Waals surface area contributed by atoms with Crippen LogP contribution in [0.5, 0.6) is 0 Å². The number of aliphatic hydroxyl groups excluding tert-OH is 3. The standard InChI is InChI=1S/C17H29Cl.C10H21NO3.C3H7ClO2.C2H6/c1-6-8-10-17(15(4)9-7-2)13-14(3)11-12-16(5)18;1-4-8(3)10(13)11-7-6-9(12)14-5-2;1-6-3(5)2-4;1-2/h9,17H,3,5-8,10-13H2,1-2,4H3;4,8-13H,1,5-7H2,2-3H3;3,5H,2H2,1H3;1-2H3/b15-9+;;;. The number of rotatable bonds is 20. The number of unbranched alkanes of at least 4 members (excludes halogenated alkanes) is 1. The first-order valence-corrected chi connectivity index (χ1v) is 15.6. The Morgan fingerprint density at radius 3 is 2.02 bits per heavy atom. The van der Waals surface area contributed by atoms with Gasteiger partial charge in [-0.15, -0.1) is 18.2 Å². The maximum absolute atomic E-state index is 9.46. The summed E-state index contributed by atoms with van der Waals surface area (Å²) in [5.74, 6) is 0.802. The minimum Gasteiger partial charge on any atom is -0.378 e. The van der Waals surface area contributed by atoms with Crippen molar-refractivity contribution in [2.24, 2.45) is 11.8 Å². The Hall–Kier alpha value is -0.700. The highest BCUT2D eigenvalue weighted by atomic mass is 35.5. The second-order valence-corrected chi connectivity index (χ2v) is 10.0. The summed E-state index contributed by atoms with van der Waals surface area (Å²) in [4.78, 5) is 0. The molecule has 0 rings (SSSR count). The summed E-state index contributed by atoms with van der Waals surface area (Å²) in [7, 11) is 1.40. The summed E-state index contributed by atoms with van der Waals surface area (Å²) in [6, 6.07) is 0. The van der Waals surface area contributed by atoms with Crippen molar-refractivity contribution in [2.45, 2.75) is 119 Å². The number of methoxy groups -OCH3 is 1. The van der Waals surface area contributed by atoms with E-state index in [2.05, 4.69) is 56.6 Å². The molecule has 0 aromatic rings. The maximum atomic E-state index is 9.46. The third-order valence-electron chi connectivity index (χ3n) is 5.74. The fourth-order valence-electron chi connectivity index (χ4n) is 3.20. The molecule has 0 heterocycles. The summed E-state index contributed by atoms with van der Waals surface area (Å²) in [5, 5.41) is 30.6. The zero-order chi connectivity index (χ0) is 31.9. The van der Waals surface area contributed by atoms with Crippen LogP contribution in [0.15, 0.2) is 48.1 Å². The molecule has 0 fully saturated rings. The van der Waals surface area contributed by atoms with Gasteiger partial charge < -0.3 is 24.8 Å². The molecule has 4 N–H and O–H groups in total. The van der Waals surface area contributed by atoms with Crippen molar-refractivity contribution >= 4 is 23.2 Å². The van der Waals surface area contributed by atoms with Gasteiger partial charge in [-0.25, -0.2) is 0 Å². The quantitative estimate of drug-likeness (QED) is 0.0628. The summed E-state index contributed by atoms with van der Waals surface area (Å²) in [6.45, 7) is 26.9. The van der Waals surface area contributed by atoms with Crippen LogP contribution in [0.2, 0.25) is 0 Å². The normalized spacial score (nSPS) is 14.5. The molecule has 6 nitrogen and oxygen atoms in total. The molecule has 5 unspecified atom stereocenters. The molecule has 0 spiro atoms. The first-order chi connectivity index (χ1) is 18.9. The lowest BCUT2D eigenvalue weighted by atomic mass is 9.87. The largest absolute Gasteiger partial charge is 0.378 e. The van der Waals surface area contributed by atoms with E-state index < -0.39 is 18.8 Å². The Bertz CT molecular complexity index is 612. The summed E-state index contributed by atoms with van der Waals surface area (Å²) in [6.07, 6.45) is 10.2. The highest BCUT2D eigenvalue weighted by molar-refractivity contribution is 6.29. The first-order valence-electron chi connectivity index (χ1n) is 14.7.